The van der Waals surface area contributed by atoms with E-state index in [1.807, 2.05) is 36.7 Å². The zero-order valence-electron chi connectivity index (χ0n) is 18.6. The first-order valence-corrected chi connectivity index (χ1v) is 11.3. The molecule has 1 aromatic carbocycles. The lowest BCUT2D eigenvalue weighted by Gasteiger charge is -2.19. The molecule has 4 rings (SSSR count). The zero-order chi connectivity index (χ0) is 22.2. The molecule has 31 heavy (non-hydrogen) atoms. The minimum Gasteiger partial charge on any atom is -0.305 e. The van der Waals surface area contributed by atoms with Gasteiger partial charge in [0.1, 0.15) is 5.65 Å². The van der Waals surface area contributed by atoms with Crippen molar-refractivity contribution < 1.29 is 0 Å². The van der Waals surface area contributed by atoms with Crippen molar-refractivity contribution in [3.05, 3.63) is 75.8 Å². The fourth-order valence-corrected chi connectivity index (χ4v) is 4.45. The van der Waals surface area contributed by atoms with E-state index in [1.165, 1.54) is 5.56 Å². The standard InChI is InChI=1S/C24H27N5OS/c1-16-19(22(30)29-14-7-6-8-20(29)25-16)13-15-31-23-27-26-21(28(23)5)17-9-11-18(12-10-17)24(2,3)4/h6-12,14H,13,15H2,1-5H3. The Morgan fingerprint density at radius 3 is 2.48 bits per heavy atom. The number of pyridine rings is 1. The number of fused-ring (bicyclic) bond motifs is 1. The fraction of sp³-hybridized carbons (Fsp3) is 0.333. The van der Waals surface area contributed by atoms with Crippen molar-refractivity contribution in [1.82, 2.24) is 24.1 Å². The zero-order valence-corrected chi connectivity index (χ0v) is 19.4. The third-order valence-corrected chi connectivity index (χ3v) is 6.48. The topological polar surface area (TPSA) is 65.1 Å². The maximum atomic E-state index is 12.8. The summed E-state index contributed by atoms with van der Waals surface area (Å²) in [4.78, 5) is 17.4. The molecular weight excluding hydrogens is 406 g/mol. The predicted molar refractivity (Wildman–Crippen MR) is 126 cm³/mol. The highest BCUT2D eigenvalue weighted by Crippen LogP contribution is 2.27. The Morgan fingerprint density at radius 1 is 1.03 bits per heavy atom. The van der Waals surface area contributed by atoms with Gasteiger partial charge < -0.3 is 4.57 Å². The monoisotopic (exact) mass is 433 g/mol. The van der Waals surface area contributed by atoms with Crippen LogP contribution >= 0.6 is 11.8 Å². The molecule has 3 heterocycles. The number of aryl methyl sites for hydroxylation is 1. The van der Waals surface area contributed by atoms with E-state index in [0.717, 1.165) is 33.6 Å². The second-order valence-corrected chi connectivity index (χ2v) is 9.76. The summed E-state index contributed by atoms with van der Waals surface area (Å²) in [6.07, 6.45) is 2.39. The van der Waals surface area contributed by atoms with Crippen LogP contribution < -0.4 is 5.56 Å². The van der Waals surface area contributed by atoms with Crippen LogP contribution in [0, 0.1) is 6.92 Å². The van der Waals surface area contributed by atoms with E-state index in [1.54, 1.807) is 22.4 Å². The first-order chi connectivity index (χ1) is 14.8. The summed E-state index contributed by atoms with van der Waals surface area (Å²) < 4.78 is 3.61. The Kier molecular flexibility index (Phi) is 5.71. The second kappa shape index (κ2) is 8.30. The second-order valence-electron chi connectivity index (χ2n) is 8.70. The Hall–Kier alpha value is -2.93. The van der Waals surface area contributed by atoms with Gasteiger partial charge in [-0.15, -0.1) is 10.2 Å². The van der Waals surface area contributed by atoms with Crippen LogP contribution in [-0.2, 0) is 18.9 Å². The number of hydrogen-bond donors (Lipinski definition) is 0. The molecule has 0 bridgehead atoms. The van der Waals surface area contributed by atoms with Crippen LogP contribution in [0.15, 0.2) is 58.6 Å². The smallest absolute Gasteiger partial charge is 0.261 e. The van der Waals surface area contributed by atoms with Crippen LogP contribution in [0.1, 0.15) is 37.6 Å². The van der Waals surface area contributed by atoms with Crippen molar-refractivity contribution in [2.75, 3.05) is 5.75 Å². The number of rotatable bonds is 5. The van der Waals surface area contributed by atoms with Gasteiger partial charge in [-0.3, -0.25) is 9.20 Å². The first kappa shape index (κ1) is 21.3. The average Bonchev–Trinajstić information content (AvgIpc) is 3.10. The molecule has 0 atom stereocenters. The van der Waals surface area contributed by atoms with Crippen LogP contribution in [0.3, 0.4) is 0 Å². The fourth-order valence-electron chi connectivity index (χ4n) is 3.58. The summed E-state index contributed by atoms with van der Waals surface area (Å²) in [7, 11) is 1.98. The molecule has 0 saturated carbocycles. The summed E-state index contributed by atoms with van der Waals surface area (Å²) in [6, 6.07) is 14.1. The summed E-state index contributed by atoms with van der Waals surface area (Å²) in [5.74, 6) is 1.57. The van der Waals surface area contributed by atoms with Crippen LogP contribution in [-0.4, -0.2) is 29.9 Å². The molecule has 4 aromatic rings. The van der Waals surface area contributed by atoms with Crippen molar-refractivity contribution in [1.29, 1.82) is 0 Å². The van der Waals surface area contributed by atoms with E-state index in [-0.39, 0.29) is 11.0 Å². The van der Waals surface area contributed by atoms with Gasteiger partial charge in [-0.2, -0.15) is 0 Å². The van der Waals surface area contributed by atoms with E-state index >= 15 is 0 Å². The van der Waals surface area contributed by atoms with Crippen molar-refractivity contribution in [3.8, 4) is 11.4 Å². The molecular formula is C24H27N5OS. The quantitative estimate of drug-likeness (QED) is 0.436. The van der Waals surface area contributed by atoms with Crippen LogP contribution in [0.4, 0.5) is 0 Å². The number of nitrogens with zero attached hydrogens (tertiary/aromatic N) is 5. The largest absolute Gasteiger partial charge is 0.305 e. The Balaban J connectivity index is 1.49. The molecule has 0 spiro atoms. The molecule has 0 aliphatic heterocycles. The van der Waals surface area contributed by atoms with Crippen molar-refractivity contribution in [3.63, 3.8) is 0 Å². The molecule has 6 nitrogen and oxygen atoms in total. The molecule has 0 saturated heterocycles. The van der Waals surface area contributed by atoms with Gasteiger partial charge in [-0.25, -0.2) is 4.98 Å². The Morgan fingerprint density at radius 2 is 1.77 bits per heavy atom. The summed E-state index contributed by atoms with van der Waals surface area (Å²) >= 11 is 1.60. The van der Waals surface area contributed by atoms with Crippen LogP contribution in [0.2, 0.25) is 0 Å². The number of benzene rings is 1. The van der Waals surface area contributed by atoms with E-state index in [9.17, 15) is 4.79 Å². The summed E-state index contributed by atoms with van der Waals surface area (Å²) in [6.45, 7) is 8.52. The number of thioether (sulfide) groups is 1. The van der Waals surface area contributed by atoms with Gasteiger partial charge in [0.25, 0.3) is 5.56 Å². The lowest BCUT2D eigenvalue weighted by Crippen LogP contribution is -2.21. The third-order valence-electron chi connectivity index (χ3n) is 5.46. The molecule has 0 N–H and O–H groups in total. The van der Waals surface area contributed by atoms with Gasteiger partial charge >= 0.3 is 0 Å². The van der Waals surface area contributed by atoms with Crippen LogP contribution in [0.5, 0.6) is 0 Å². The van der Waals surface area contributed by atoms with Gasteiger partial charge in [-0.1, -0.05) is 62.9 Å². The third kappa shape index (κ3) is 4.28. The Labute approximate surface area is 186 Å². The molecule has 0 aliphatic rings. The average molecular weight is 434 g/mol. The maximum Gasteiger partial charge on any atom is 0.261 e. The SMILES string of the molecule is Cc1nc2ccccn2c(=O)c1CCSc1nnc(-c2ccc(C(C)(C)C)cc2)n1C. The van der Waals surface area contributed by atoms with Gasteiger partial charge in [-0.05, 0) is 36.5 Å². The molecule has 0 unspecified atom stereocenters. The lowest BCUT2D eigenvalue weighted by atomic mass is 9.87. The van der Waals surface area contributed by atoms with Crippen molar-refractivity contribution in [2.45, 2.75) is 44.7 Å². The van der Waals surface area contributed by atoms with Crippen molar-refractivity contribution >= 4 is 17.4 Å². The van der Waals surface area contributed by atoms with Crippen molar-refractivity contribution in [2.24, 2.45) is 7.05 Å². The van der Waals surface area contributed by atoms with E-state index in [0.29, 0.717) is 12.1 Å². The highest BCUT2D eigenvalue weighted by Gasteiger charge is 2.16. The normalized spacial score (nSPS) is 11.9. The van der Waals surface area contributed by atoms with Crippen LogP contribution in [0.25, 0.3) is 17.0 Å². The van der Waals surface area contributed by atoms with E-state index < -0.39 is 0 Å². The summed E-state index contributed by atoms with van der Waals surface area (Å²) in [5.41, 5.74) is 4.67. The predicted octanol–water partition coefficient (Wildman–Crippen LogP) is 4.43. The highest BCUT2D eigenvalue weighted by atomic mass is 32.2. The first-order valence-electron chi connectivity index (χ1n) is 10.4. The number of hydrogen-bond acceptors (Lipinski definition) is 5. The van der Waals surface area contributed by atoms with Gasteiger partial charge in [0, 0.05) is 35.8 Å². The number of aromatic nitrogens is 5. The molecule has 0 aliphatic carbocycles. The van der Waals surface area contributed by atoms with E-state index in [2.05, 4.69) is 60.2 Å². The maximum absolute atomic E-state index is 12.8. The van der Waals surface area contributed by atoms with Gasteiger partial charge in [0.2, 0.25) is 0 Å². The molecule has 7 heteroatoms. The minimum absolute atomic E-state index is 0.00120. The summed E-state index contributed by atoms with van der Waals surface area (Å²) in [5, 5.41) is 9.59. The Bertz CT molecular complexity index is 1280. The lowest BCUT2D eigenvalue weighted by molar-refractivity contribution is 0.590. The minimum atomic E-state index is 0.00120. The molecule has 3 aromatic heterocycles. The highest BCUT2D eigenvalue weighted by molar-refractivity contribution is 7.99. The molecule has 0 radical (unpaired) electrons. The molecule has 0 fully saturated rings. The molecule has 0 amide bonds. The van der Waals surface area contributed by atoms with E-state index in [4.69, 9.17) is 0 Å². The van der Waals surface area contributed by atoms with Gasteiger partial charge in [0.05, 0.1) is 0 Å². The van der Waals surface area contributed by atoms with Gasteiger partial charge in [0.15, 0.2) is 11.0 Å². The molecule has 160 valence electrons.